The minimum atomic E-state index is -1.04. The molecule has 0 aliphatic rings. The highest BCUT2D eigenvalue weighted by atomic mass is 35.5. The third kappa shape index (κ3) is 4.13. The molecular weight excluding hydrogens is 292 g/mol. The van der Waals surface area contributed by atoms with Crippen molar-refractivity contribution >= 4 is 17.6 Å². The van der Waals surface area contributed by atoms with Crippen LogP contribution in [0.25, 0.3) is 0 Å². The monoisotopic (exact) mass is 306 g/mol. The summed E-state index contributed by atoms with van der Waals surface area (Å²) in [5.74, 6) is 0.000857. The molecule has 0 aromatic heterocycles. The largest absolute Gasteiger partial charge is 0.497 e. The SMILES string of the molecule is COc1cccc(OC(Cc2ccccc2Cl)C(=O)O)c1. The van der Waals surface area contributed by atoms with Crippen LogP contribution >= 0.6 is 11.6 Å². The summed E-state index contributed by atoms with van der Waals surface area (Å²) in [7, 11) is 1.54. The van der Waals surface area contributed by atoms with Crippen molar-refractivity contribution in [1.82, 2.24) is 0 Å². The van der Waals surface area contributed by atoms with Gasteiger partial charge in [0.15, 0.2) is 6.10 Å². The van der Waals surface area contributed by atoms with Crippen molar-refractivity contribution in [2.45, 2.75) is 12.5 Å². The van der Waals surface area contributed by atoms with E-state index in [1.165, 1.54) is 7.11 Å². The summed E-state index contributed by atoms with van der Waals surface area (Å²) in [6, 6.07) is 13.9. The van der Waals surface area contributed by atoms with Gasteiger partial charge in [-0.05, 0) is 23.8 Å². The van der Waals surface area contributed by atoms with Crippen LogP contribution in [0.5, 0.6) is 11.5 Å². The van der Waals surface area contributed by atoms with E-state index in [2.05, 4.69) is 0 Å². The molecule has 0 bridgehead atoms. The van der Waals surface area contributed by atoms with E-state index in [0.717, 1.165) is 5.56 Å². The lowest BCUT2D eigenvalue weighted by Gasteiger charge is -2.16. The highest BCUT2D eigenvalue weighted by Gasteiger charge is 2.21. The fourth-order valence-corrected chi connectivity index (χ4v) is 2.09. The van der Waals surface area contributed by atoms with Gasteiger partial charge >= 0.3 is 5.97 Å². The highest BCUT2D eigenvalue weighted by Crippen LogP contribution is 2.23. The Kier molecular flexibility index (Phi) is 5.06. The number of rotatable bonds is 6. The molecule has 1 atom stereocenters. The summed E-state index contributed by atoms with van der Waals surface area (Å²) in [6.45, 7) is 0. The first-order valence-corrected chi connectivity index (χ1v) is 6.75. The first kappa shape index (κ1) is 15.2. The maximum absolute atomic E-state index is 11.4. The average Bonchev–Trinajstić information content (AvgIpc) is 2.49. The van der Waals surface area contributed by atoms with Gasteiger partial charge in [-0.3, -0.25) is 0 Å². The quantitative estimate of drug-likeness (QED) is 0.888. The van der Waals surface area contributed by atoms with Gasteiger partial charge in [0.1, 0.15) is 11.5 Å². The normalized spacial score (nSPS) is 11.7. The lowest BCUT2D eigenvalue weighted by molar-refractivity contribution is -0.145. The minimum Gasteiger partial charge on any atom is -0.497 e. The predicted octanol–water partition coefficient (Wildman–Crippen LogP) is 3.42. The molecule has 0 saturated heterocycles. The Morgan fingerprint density at radius 1 is 1.19 bits per heavy atom. The zero-order valence-corrected chi connectivity index (χ0v) is 12.2. The number of carboxylic acid groups (broad SMARTS) is 1. The molecule has 2 aromatic carbocycles. The van der Waals surface area contributed by atoms with Gasteiger partial charge in [-0.15, -0.1) is 0 Å². The fraction of sp³-hybridized carbons (Fsp3) is 0.188. The molecule has 1 N–H and O–H groups in total. The standard InChI is InChI=1S/C16H15ClO4/c1-20-12-6-4-7-13(10-12)21-15(16(18)19)9-11-5-2-3-8-14(11)17/h2-8,10,15H,9H2,1H3,(H,18,19). The molecule has 110 valence electrons. The van der Waals surface area contributed by atoms with E-state index in [1.54, 1.807) is 42.5 Å². The molecule has 2 rings (SSSR count). The summed E-state index contributed by atoms with van der Waals surface area (Å²) < 4.78 is 10.6. The summed E-state index contributed by atoms with van der Waals surface area (Å²) >= 11 is 6.06. The van der Waals surface area contributed by atoms with Gasteiger partial charge in [0.05, 0.1) is 7.11 Å². The van der Waals surface area contributed by atoms with Gasteiger partial charge in [0, 0.05) is 17.5 Å². The van der Waals surface area contributed by atoms with Crippen molar-refractivity contribution in [2.75, 3.05) is 7.11 Å². The summed E-state index contributed by atoms with van der Waals surface area (Å²) in [6.07, 6.45) is -0.830. The second kappa shape index (κ2) is 6.99. The van der Waals surface area contributed by atoms with Gasteiger partial charge in [-0.25, -0.2) is 4.79 Å². The van der Waals surface area contributed by atoms with Crippen molar-refractivity contribution in [3.8, 4) is 11.5 Å². The maximum atomic E-state index is 11.4. The summed E-state index contributed by atoms with van der Waals surface area (Å²) in [5, 5.41) is 9.84. The van der Waals surface area contributed by atoms with Crippen molar-refractivity contribution in [3.05, 3.63) is 59.1 Å². The van der Waals surface area contributed by atoms with Crippen LogP contribution in [0.3, 0.4) is 0 Å². The van der Waals surface area contributed by atoms with Gasteiger partial charge in [0.2, 0.25) is 0 Å². The Hall–Kier alpha value is -2.20. The van der Waals surface area contributed by atoms with E-state index < -0.39 is 12.1 Å². The molecule has 0 saturated carbocycles. The Bertz CT molecular complexity index is 627. The van der Waals surface area contributed by atoms with Crippen LogP contribution in [-0.4, -0.2) is 24.3 Å². The number of hydrogen-bond donors (Lipinski definition) is 1. The number of halogens is 1. The zero-order valence-electron chi connectivity index (χ0n) is 11.5. The molecule has 1 unspecified atom stereocenters. The minimum absolute atomic E-state index is 0.187. The Morgan fingerprint density at radius 2 is 1.90 bits per heavy atom. The number of ether oxygens (including phenoxy) is 2. The number of carboxylic acids is 1. The second-order valence-corrected chi connectivity index (χ2v) is 4.83. The molecule has 0 spiro atoms. The van der Waals surface area contributed by atoms with Crippen LogP contribution in [0.4, 0.5) is 0 Å². The van der Waals surface area contributed by atoms with E-state index >= 15 is 0 Å². The van der Waals surface area contributed by atoms with Gasteiger partial charge in [-0.2, -0.15) is 0 Å². The van der Waals surface area contributed by atoms with Crippen LogP contribution < -0.4 is 9.47 Å². The van der Waals surface area contributed by atoms with E-state index in [4.69, 9.17) is 21.1 Å². The first-order valence-electron chi connectivity index (χ1n) is 6.37. The van der Waals surface area contributed by atoms with Gasteiger partial charge < -0.3 is 14.6 Å². The fourth-order valence-electron chi connectivity index (χ4n) is 1.88. The van der Waals surface area contributed by atoms with Crippen molar-refractivity contribution in [1.29, 1.82) is 0 Å². The molecule has 0 radical (unpaired) electrons. The third-order valence-corrected chi connectivity index (χ3v) is 3.33. The maximum Gasteiger partial charge on any atom is 0.345 e. The van der Waals surface area contributed by atoms with Gasteiger partial charge in [-0.1, -0.05) is 35.9 Å². The van der Waals surface area contributed by atoms with Crippen molar-refractivity contribution in [2.24, 2.45) is 0 Å². The molecule has 0 aliphatic carbocycles. The van der Waals surface area contributed by atoms with Crippen LogP contribution in [-0.2, 0) is 11.2 Å². The van der Waals surface area contributed by atoms with E-state index in [1.807, 2.05) is 6.07 Å². The third-order valence-electron chi connectivity index (χ3n) is 2.96. The van der Waals surface area contributed by atoms with Crippen LogP contribution in [0.1, 0.15) is 5.56 Å². The second-order valence-electron chi connectivity index (χ2n) is 4.42. The molecule has 0 amide bonds. The van der Waals surface area contributed by atoms with Crippen molar-refractivity contribution in [3.63, 3.8) is 0 Å². The average molecular weight is 307 g/mol. The Balaban J connectivity index is 2.16. The highest BCUT2D eigenvalue weighted by molar-refractivity contribution is 6.31. The number of methoxy groups -OCH3 is 1. The summed E-state index contributed by atoms with van der Waals surface area (Å²) in [4.78, 5) is 11.4. The predicted molar refractivity (Wildman–Crippen MR) is 80.2 cm³/mol. The van der Waals surface area contributed by atoms with E-state index in [9.17, 15) is 9.90 Å². The molecule has 0 fully saturated rings. The molecule has 0 heterocycles. The lowest BCUT2D eigenvalue weighted by Crippen LogP contribution is -2.29. The molecule has 4 nitrogen and oxygen atoms in total. The van der Waals surface area contributed by atoms with Crippen molar-refractivity contribution < 1.29 is 19.4 Å². The Labute approximate surface area is 127 Å². The molecule has 5 heteroatoms. The lowest BCUT2D eigenvalue weighted by atomic mass is 10.1. The molecule has 2 aromatic rings. The Morgan fingerprint density at radius 3 is 2.57 bits per heavy atom. The molecule has 21 heavy (non-hydrogen) atoms. The van der Waals surface area contributed by atoms with E-state index in [-0.39, 0.29) is 6.42 Å². The van der Waals surface area contributed by atoms with E-state index in [0.29, 0.717) is 16.5 Å². The summed E-state index contributed by atoms with van der Waals surface area (Å²) in [5.41, 5.74) is 0.731. The number of carbonyl (C=O) groups is 1. The van der Waals surface area contributed by atoms with Crippen LogP contribution in [0.2, 0.25) is 5.02 Å². The van der Waals surface area contributed by atoms with Crippen LogP contribution in [0.15, 0.2) is 48.5 Å². The zero-order chi connectivity index (χ0) is 15.2. The smallest absolute Gasteiger partial charge is 0.345 e. The number of aliphatic carboxylic acids is 1. The number of benzene rings is 2. The first-order chi connectivity index (χ1) is 10.1. The molecule has 0 aliphatic heterocycles. The molecular formula is C16H15ClO4. The number of hydrogen-bond acceptors (Lipinski definition) is 3. The van der Waals surface area contributed by atoms with Gasteiger partial charge in [0.25, 0.3) is 0 Å². The van der Waals surface area contributed by atoms with Crippen LogP contribution in [0, 0.1) is 0 Å². The topological polar surface area (TPSA) is 55.8 Å².